The third kappa shape index (κ3) is 9.61. The lowest BCUT2D eigenvalue weighted by molar-refractivity contribution is -0.139. The van der Waals surface area contributed by atoms with Crippen LogP contribution < -0.4 is 15.9 Å². The summed E-state index contributed by atoms with van der Waals surface area (Å²) in [5, 5.41) is -0.0406. The van der Waals surface area contributed by atoms with Crippen molar-refractivity contribution in [3.63, 3.8) is 0 Å². The molecule has 258 valence electrons. The molecule has 0 saturated carbocycles. The Kier molecular flexibility index (Phi) is 13.5. The van der Waals surface area contributed by atoms with Gasteiger partial charge in [0, 0.05) is 25.1 Å². The number of amides is 2. The quantitative estimate of drug-likeness (QED) is 0.207. The van der Waals surface area contributed by atoms with E-state index in [4.69, 9.17) is 19.7 Å². The molecule has 0 aromatic heterocycles. The standard InChI is InChI=1S/C36H46N3O8P/c1-4-47-48(43,44)32-17-11-16-29(34(32)38-20-22-45-23-21-38)33(31(40)19-18-27-12-7-5-8-13-27)39(35(41)30(37)24-26(2)3)36(42)46-25-28-14-9-6-10-15-28/h5-17,26,30,33H,4,18-25,37H2,1-3H3,(H,43,44)/t30-,33?/m0/s1. The Morgan fingerprint density at radius 1 is 0.958 bits per heavy atom. The number of imide groups is 1. The van der Waals surface area contributed by atoms with Crippen molar-refractivity contribution in [3.8, 4) is 0 Å². The van der Waals surface area contributed by atoms with Crippen LogP contribution in [0.5, 0.6) is 0 Å². The van der Waals surface area contributed by atoms with Crippen LogP contribution in [0.1, 0.15) is 56.3 Å². The Balaban J connectivity index is 1.90. The van der Waals surface area contributed by atoms with Crippen molar-refractivity contribution >= 4 is 36.4 Å². The summed E-state index contributed by atoms with van der Waals surface area (Å²) in [5.41, 5.74) is 8.44. The summed E-state index contributed by atoms with van der Waals surface area (Å²) < 4.78 is 30.3. The van der Waals surface area contributed by atoms with E-state index in [2.05, 4.69) is 0 Å². The molecule has 4 rings (SSSR count). The molecule has 2 unspecified atom stereocenters. The van der Waals surface area contributed by atoms with Gasteiger partial charge in [-0.2, -0.15) is 0 Å². The molecule has 3 N–H and O–H groups in total. The van der Waals surface area contributed by atoms with Gasteiger partial charge in [0.1, 0.15) is 12.6 Å². The first-order valence-electron chi connectivity index (χ1n) is 16.3. The Bertz CT molecular complexity index is 1560. The molecule has 3 aromatic carbocycles. The molecule has 0 bridgehead atoms. The van der Waals surface area contributed by atoms with E-state index in [1.807, 2.05) is 55.1 Å². The molecular weight excluding hydrogens is 633 g/mol. The van der Waals surface area contributed by atoms with Crippen molar-refractivity contribution in [1.82, 2.24) is 4.90 Å². The summed E-state index contributed by atoms with van der Waals surface area (Å²) in [6.07, 6.45) is -0.506. The molecule has 11 nitrogen and oxygen atoms in total. The fourth-order valence-electron chi connectivity index (χ4n) is 5.78. The highest BCUT2D eigenvalue weighted by Crippen LogP contribution is 2.46. The second-order valence-corrected chi connectivity index (χ2v) is 13.9. The van der Waals surface area contributed by atoms with Crippen LogP contribution in [-0.4, -0.2) is 66.5 Å². The third-order valence-electron chi connectivity index (χ3n) is 8.02. The number of hydrogen-bond donors (Lipinski definition) is 2. The van der Waals surface area contributed by atoms with Gasteiger partial charge in [0.15, 0.2) is 5.78 Å². The Hall–Kier alpha value is -3.86. The topological polar surface area (TPSA) is 149 Å². The van der Waals surface area contributed by atoms with Crippen LogP contribution in [-0.2, 0) is 41.2 Å². The van der Waals surface area contributed by atoms with Crippen molar-refractivity contribution in [3.05, 3.63) is 95.6 Å². The van der Waals surface area contributed by atoms with Crippen molar-refractivity contribution in [1.29, 1.82) is 0 Å². The van der Waals surface area contributed by atoms with Gasteiger partial charge in [-0.05, 0) is 42.9 Å². The average Bonchev–Trinajstić information content (AvgIpc) is 3.09. The van der Waals surface area contributed by atoms with E-state index in [1.165, 1.54) is 12.1 Å². The number of rotatable bonds is 15. The zero-order valence-electron chi connectivity index (χ0n) is 27.8. The van der Waals surface area contributed by atoms with Crippen LogP contribution in [0, 0.1) is 5.92 Å². The molecule has 1 aliphatic heterocycles. The normalized spacial score (nSPS) is 15.8. The number of morpholine rings is 1. The smallest absolute Gasteiger partial charge is 0.417 e. The van der Waals surface area contributed by atoms with Crippen LogP contribution in [0.15, 0.2) is 78.9 Å². The van der Waals surface area contributed by atoms with Crippen LogP contribution in [0.4, 0.5) is 10.5 Å². The fourth-order valence-corrected chi connectivity index (χ4v) is 7.08. The lowest BCUT2D eigenvalue weighted by atomic mass is 9.93. The molecule has 0 spiro atoms. The van der Waals surface area contributed by atoms with Gasteiger partial charge in [-0.3, -0.25) is 14.2 Å². The maximum Gasteiger partial charge on any atom is 0.417 e. The van der Waals surface area contributed by atoms with Gasteiger partial charge in [0.25, 0.3) is 0 Å². The van der Waals surface area contributed by atoms with Crippen molar-refractivity contribution in [2.24, 2.45) is 11.7 Å². The monoisotopic (exact) mass is 679 g/mol. The van der Waals surface area contributed by atoms with Crippen molar-refractivity contribution in [2.75, 3.05) is 37.8 Å². The number of nitrogens with two attached hydrogens (primary N) is 1. The maximum atomic E-state index is 14.6. The van der Waals surface area contributed by atoms with Crippen LogP contribution in [0.25, 0.3) is 0 Å². The maximum absolute atomic E-state index is 14.6. The number of anilines is 1. The molecule has 3 atom stereocenters. The number of carbonyl (C=O) groups excluding carboxylic acids is 3. The highest BCUT2D eigenvalue weighted by Gasteiger charge is 2.42. The number of para-hydroxylation sites is 1. The minimum Gasteiger partial charge on any atom is -0.444 e. The summed E-state index contributed by atoms with van der Waals surface area (Å²) in [7, 11) is -4.42. The third-order valence-corrected chi connectivity index (χ3v) is 9.60. The number of benzene rings is 3. The van der Waals surface area contributed by atoms with E-state index in [1.54, 1.807) is 37.3 Å². The van der Waals surface area contributed by atoms with Gasteiger partial charge in [-0.25, -0.2) is 9.69 Å². The van der Waals surface area contributed by atoms with Gasteiger partial charge in [-0.15, -0.1) is 0 Å². The first-order valence-corrected chi connectivity index (χ1v) is 17.9. The summed E-state index contributed by atoms with van der Waals surface area (Å²) in [6, 6.07) is 20.3. The summed E-state index contributed by atoms with van der Waals surface area (Å²) >= 11 is 0. The lowest BCUT2D eigenvalue weighted by Gasteiger charge is -2.37. The number of nitrogens with zero attached hydrogens (tertiary/aromatic N) is 2. The van der Waals surface area contributed by atoms with E-state index in [-0.39, 0.29) is 48.5 Å². The number of Topliss-reactive ketones (excluding diaryl/α,β-unsaturated/α-hetero) is 1. The molecule has 2 amide bonds. The first-order chi connectivity index (χ1) is 23.0. The average molecular weight is 680 g/mol. The minimum absolute atomic E-state index is 0.0112. The van der Waals surface area contributed by atoms with Gasteiger partial charge in [0.2, 0.25) is 5.91 Å². The number of aryl methyl sites for hydroxylation is 1. The summed E-state index contributed by atoms with van der Waals surface area (Å²) in [4.78, 5) is 56.8. The molecule has 1 aliphatic rings. The fraction of sp³-hybridized carbons (Fsp3) is 0.417. The van der Waals surface area contributed by atoms with Gasteiger partial charge < -0.3 is 29.5 Å². The predicted molar refractivity (Wildman–Crippen MR) is 184 cm³/mol. The van der Waals surface area contributed by atoms with E-state index in [0.29, 0.717) is 38.3 Å². The molecule has 1 fully saturated rings. The van der Waals surface area contributed by atoms with Crippen LogP contribution >= 0.6 is 7.60 Å². The Morgan fingerprint density at radius 2 is 1.58 bits per heavy atom. The molecule has 0 aliphatic carbocycles. The van der Waals surface area contributed by atoms with Gasteiger partial charge >= 0.3 is 13.7 Å². The Labute approximate surface area is 282 Å². The van der Waals surface area contributed by atoms with Crippen LogP contribution in [0.2, 0.25) is 0 Å². The van der Waals surface area contributed by atoms with Gasteiger partial charge in [-0.1, -0.05) is 86.6 Å². The van der Waals surface area contributed by atoms with Crippen molar-refractivity contribution in [2.45, 2.75) is 58.7 Å². The summed E-state index contributed by atoms with van der Waals surface area (Å²) in [5.74, 6) is -1.23. The SMILES string of the molecule is CCOP(=O)(O)c1cccc(C(C(=O)CCc2ccccc2)N(C(=O)OCc2ccccc2)C(=O)[C@@H](N)CC(C)C)c1N1CCOCC1. The molecule has 3 aromatic rings. The van der Waals surface area contributed by atoms with E-state index >= 15 is 0 Å². The summed E-state index contributed by atoms with van der Waals surface area (Å²) in [6.45, 7) is 6.54. The van der Waals surface area contributed by atoms with E-state index in [9.17, 15) is 23.8 Å². The zero-order chi connectivity index (χ0) is 34.7. The molecule has 1 saturated heterocycles. The zero-order valence-corrected chi connectivity index (χ0v) is 28.7. The molecular formula is C36H46N3O8P. The molecule has 1 heterocycles. The number of ketones is 1. The minimum atomic E-state index is -4.42. The van der Waals surface area contributed by atoms with Crippen LogP contribution in [0.3, 0.4) is 0 Å². The predicted octanol–water partition coefficient (Wildman–Crippen LogP) is 5.15. The lowest BCUT2D eigenvalue weighted by Crippen LogP contribution is -2.51. The largest absolute Gasteiger partial charge is 0.444 e. The molecule has 12 heteroatoms. The van der Waals surface area contributed by atoms with Gasteiger partial charge in [0.05, 0.1) is 36.9 Å². The second kappa shape index (κ2) is 17.5. The van der Waals surface area contributed by atoms with E-state index < -0.39 is 37.5 Å². The second-order valence-electron chi connectivity index (χ2n) is 12.1. The molecule has 0 radical (unpaired) electrons. The number of carbonyl (C=O) groups is 3. The number of ether oxygens (including phenoxy) is 2. The number of hydrogen-bond acceptors (Lipinski definition) is 9. The molecule has 48 heavy (non-hydrogen) atoms. The first kappa shape index (κ1) is 37.0. The Morgan fingerprint density at radius 3 is 2.19 bits per heavy atom. The van der Waals surface area contributed by atoms with Crippen molar-refractivity contribution < 1.29 is 37.8 Å². The highest BCUT2D eigenvalue weighted by molar-refractivity contribution is 7.61. The van der Waals surface area contributed by atoms with E-state index in [0.717, 1.165) is 10.5 Å². The highest BCUT2D eigenvalue weighted by atomic mass is 31.2.